The Morgan fingerprint density at radius 2 is 1.71 bits per heavy atom. The summed E-state index contributed by atoms with van der Waals surface area (Å²) in [7, 11) is 1.44. The third-order valence-corrected chi connectivity index (χ3v) is 6.58. The van der Waals surface area contributed by atoms with Crippen LogP contribution in [0.1, 0.15) is 61.0 Å². The lowest BCUT2D eigenvalue weighted by atomic mass is 9.87. The Balaban J connectivity index is 1.72. The SMILES string of the molecule is COC(=O)c1c(C)c(-c2ccc(NC(C)C)cc2)cc(C)c1-c1ccc(NC2CCCC2)nc1. The van der Waals surface area contributed by atoms with Gasteiger partial charge in [-0.15, -0.1) is 0 Å². The van der Waals surface area contributed by atoms with E-state index in [1.807, 2.05) is 32.2 Å². The van der Waals surface area contributed by atoms with E-state index in [4.69, 9.17) is 4.74 Å². The maximum Gasteiger partial charge on any atom is 0.338 e. The van der Waals surface area contributed by atoms with Crippen LogP contribution in [0.5, 0.6) is 0 Å². The Morgan fingerprint density at radius 3 is 2.29 bits per heavy atom. The van der Waals surface area contributed by atoms with Crippen molar-refractivity contribution in [1.29, 1.82) is 0 Å². The second kappa shape index (κ2) is 10.3. The van der Waals surface area contributed by atoms with E-state index in [2.05, 4.69) is 59.8 Å². The monoisotopic (exact) mass is 457 g/mol. The fraction of sp³-hybridized carbons (Fsp3) is 0.379. The molecule has 0 bridgehead atoms. The van der Waals surface area contributed by atoms with Crippen LogP contribution in [0.25, 0.3) is 22.3 Å². The van der Waals surface area contributed by atoms with Gasteiger partial charge in [0.2, 0.25) is 0 Å². The Morgan fingerprint density at radius 1 is 1.03 bits per heavy atom. The fourth-order valence-electron chi connectivity index (χ4n) is 4.93. The van der Waals surface area contributed by atoms with Crippen molar-refractivity contribution in [3.05, 3.63) is 65.4 Å². The molecule has 0 unspecified atom stereocenters. The van der Waals surface area contributed by atoms with Crippen LogP contribution >= 0.6 is 0 Å². The number of pyridine rings is 1. The molecule has 2 aromatic carbocycles. The van der Waals surface area contributed by atoms with Crippen molar-refractivity contribution in [2.75, 3.05) is 17.7 Å². The number of aryl methyl sites for hydroxylation is 1. The average Bonchev–Trinajstić information content (AvgIpc) is 3.33. The molecule has 34 heavy (non-hydrogen) atoms. The zero-order valence-corrected chi connectivity index (χ0v) is 20.9. The van der Waals surface area contributed by atoms with E-state index >= 15 is 0 Å². The highest BCUT2D eigenvalue weighted by molar-refractivity contribution is 6.02. The summed E-state index contributed by atoms with van der Waals surface area (Å²) < 4.78 is 5.22. The molecule has 0 atom stereocenters. The third kappa shape index (κ3) is 5.09. The molecular formula is C29H35N3O2. The number of nitrogens with zero attached hydrogens (tertiary/aromatic N) is 1. The highest BCUT2D eigenvalue weighted by Gasteiger charge is 2.22. The first-order chi connectivity index (χ1) is 16.4. The van der Waals surface area contributed by atoms with Gasteiger partial charge in [0.15, 0.2) is 0 Å². The highest BCUT2D eigenvalue weighted by atomic mass is 16.5. The standard InChI is InChI=1S/C29H35N3O2/c1-18(2)31-24-13-10-21(11-14-24)25-16-19(3)27(28(20(25)4)29(33)34-5)22-12-15-26(30-17-22)32-23-8-6-7-9-23/h10-18,23,31H,6-9H2,1-5H3,(H,30,32). The maximum absolute atomic E-state index is 13.0. The number of carbonyl (C=O) groups is 1. The molecular weight excluding hydrogens is 422 g/mol. The van der Waals surface area contributed by atoms with E-state index in [-0.39, 0.29) is 5.97 Å². The minimum Gasteiger partial charge on any atom is -0.465 e. The number of nitrogens with one attached hydrogen (secondary N) is 2. The van der Waals surface area contributed by atoms with Crippen LogP contribution in [-0.4, -0.2) is 30.1 Å². The zero-order valence-electron chi connectivity index (χ0n) is 20.9. The quantitative estimate of drug-likeness (QED) is 0.374. The van der Waals surface area contributed by atoms with Crippen LogP contribution in [0.3, 0.4) is 0 Å². The van der Waals surface area contributed by atoms with E-state index in [0.717, 1.165) is 44.9 Å². The summed E-state index contributed by atoms with van der Waals surface area (Å²) in [6.07, 6.45) is 6.81. The molecule has 5 heteroatoms. The van der Waals surface area contributed by atoms with Crippen LogP contribution in [-0.2, 0) is 4.74 Å². The van der Waals surface area contributed by atoms with Crippen LogP contribution in [0, 0.1) is 13.8 Å². The van der Waals surface area contributed by atoms with Gasteiger partial charge in [-0.05, 0) is 87.1 Å². The van der Waals surface area contributed by atoms with Crippen LogP contribution < -0.4 is 10.6 Å². The van der Waals surface area contributed by atoms with Crippen LogP contribution in [0.4, 0.5) is 11.5 Å². The molecule has 2 N–H and O–H groups in total. The Labute approximate surface area is 203 Å². The summed E-state index contributed by atoms with van der Waals surface area (Å²) in [5.41, 5.74) is 7.50. The van der Waals surface area contributed by atoms with Crippen molar-refractivity contribution in [2.45, 2.75) is 65.5 Å². The molecule has 0 amide bonds. The Kier molecular flexibility index (Phi) is 7.20. The molecule has 3 aromatic rings. The number of hydrogen-bond acceptors (Lipinski definition) is 5. The minimum atomic E-state index is -0.330. The topological polar surface area (TPSA) is 63.2 Å². The molecule has 1 fully saturated rings. The summed E-state index contributed by atoms with van der Waals surface area (Å²) >= 11 is 0. The molecule has 1 aliphatic rings. The molecule has 178 valence electrons. The number of rotatable bonds is 7. The maximum atomic E-state index is 13.0. The van der Waals surface area contributed by atoms with Crippen LogP contribution in [0.15, 0.2) is 48.7 Å². The van der Waals surface area contributed by atoms with Crippen molar-refractivity contribution >= 4 is 17.5 Å². The summed E-state index contributed by atoms with van der Waals surface area (Å²) in [6.45, 7) is 8.28. The van der Waals surface area contributed by atoms with Gasteiger partial charge in [0.05, 0.1) is 12.7 Å². The lowest BCUT2D eigenvalue weighted by Gasteiger charge is -2.19. The smallest absolute Gasteiger partial charge is 0.338 e. The lowest BCUT2D eigenvalue weighted by molar-refractivity contribution is 0.0601. The van der Waals surface area contributed by atoms with E-state index < -0.39 is 0 Å². The number of hydrogen-bond donors (Lipinski definition) is 2. The van der Waals surface area contributed by atoms with E-state index in [0.29, 0.717) is 17.6 Å². The molecule has 5 nitrogen and oxygen atoms in total. The number of ether oxygens (including phenoxy) is 1. The summed E-state index contributed by atoms with van der Waals surface area (Å²) in [4.78, 5) is 17.6. The average molecular weight is 458 g/mol. The third-order valence-electron chi connectivity index (χ3n) is 6.58. The second-order valence-corrected chi connectivity index (χ2v) is 9.54. The van der Waals surface area contributed by atoms with Gasteiger partial charge < -0.3 is 15.4 Å². The lowest BCUT2D eigenvalue weighted by Crippen LogP contribution is -2.15. The van der Waals surface area contributed by atoms with Gasteiger partial charge in [-0.3, -0.25) is 0 Å². The van der Waals surface area contributed by atoms with E-state index in [1.54, 1.807) is 0 Å². The molecule has 1 aliphatic carbocycles. The second-order valence-electron chi connectivity index (χ2n) is 9.54. The summed E-state index contributed by atoms with van der Waals surface area (Å²) in [5, 5.41) is 6.95. The van der Waals surface area contributed by atoms with Gasteiger partial charge in [0, 0.05) is 35.1 Å². The minimum absolute atomic E-state index is 0.330. The van der Waals surface area contributed by atoms with Gasteiger partial charge in [0.1, 0.15) is 5.82 Å². The van der Waals surface area contributed by atoms with Gasteiger partial charge in [-0.1, -0.05) is 31.0 Å². The molecule has 0 radical (unpaired) electrons. The fourth-order valence-corrected chi connectivity index (χ4v) is 4.93. The van der Waals surface area contributed by atoms with Gasteiger partial charge in [0.25, 0.3) is 0 Å². The number of methoxy groups -OCH3 is 1. The molecule has 0 aliphatic heterocycles. The Bertz CT molecular complexity index is 1150. The van der Waals surface area contributed by atoms with Gasteiger partial charge >= 0.3 is 5.97 Å². The zero-order chi connectivity index (χ0) is 24.2. The largest absolute Gasteiger partial charge is 0.465 e. The Hall–Kier alpha value is -3.34. The van der Waals surface area contributed by atoms with Crippen molar-refractivity contribution in [3.8, 4) is 22.3 Å². The predicted molar refractivity (Wildman–Crippen MR) is 141 cm³/mol. The van der Waals surface area contributed by atoms with Crippen molar-refractivity contribution < 1.29 is 9.53 Å². The van der Waals surface area contributed by atoms with Gasteiger partial charge in [-0.2, -0.15) is 0 Å². The first kappa shape index (κ1) is 23.8. The van der Waals surface area contributed by atoms with Crippen LogP contribution in [0.2, 0.25) is 0 Å². The normalized spacial score (nSPS) is 13.8. The first-order valence-corrected chi connectivity index (χ1v) is 12.2. The van der Waals surface area contributed by atoms with E-state index in [9.17, 15) is 4.79 Å². The molecule has 0 spiro atoms. The van der Waals surface area contributed by atoms with Crippen molar-refractivity contribution in [2.24, 2.45) is 0 Å². The number of aromatic nitrogens is 1. The van der Waals surface area contributed by atoms with Gasteiger partial charge in [-0.25, -0.2) is 9.78 Å². The van der Waals surface area contributed by atoms with E-state index in [1.165, 1.54) is 32.8 Å². The molecule has 1 heterocycles. The predicted octanol–water partition coefficient (Wildman–Crippen LogP) is 6.99. The highest BCUT2D eigenvalue weighted by Crippen LogP contribution is 2.37. The number of esters is 1. The first-order valence-electron chi connectivity index (χ1n) is 12.2. The van der Waals surface area contributed by atoms with Crippen molar-refractivity contribution in [1.82, 2.24) is 4.98 Å². The number of benzene rings is 2. The number of carbonyl (C=O) groups excluding carboxylic acids is 1. The molecule has 1 saturated carbocycles. The molecule has 1 aromatic heterocycles. The molecule has 4 rings (SSSR count). The number of anilines is 2. The molecule has 0 saturated heterocycles. The van der Waals surface area contributed by atoms with Crippen molar-refractivity contribution in [3.63, 3.8) is 0 Å². The summed E-state index contributed by atoms with van der Waals surface area (Å²) in [6, 6.07) is 15.4. The summed E-state index contributed by atoms with van der Waals surface area (Å²) in [5.74, 6) is 0.556.